The molecule has 0 saturated carbocycles. The summed E-state index contributed by atoms with van der Waals surface area (Å²) < 4.78 is 0. The van der Waals surface area contributed by atoms with Crippen molar-refractivity contribution in [3.8, 4) is 0 Å². The molecule has 0 unspecified atom stereocenters. The molecule has 1 aromatic carbocycles. The van der Waals surface area contributed by atoms with Crippen LogP contribution < -0.4 is 5.32 Å². The molecule has 4 nitrogen and oxygen atoms in total. The van der Waals surface area contributed by atoms with Crippen molar-refractivity contribution in [3.05, 3.63) is 35.4 Å². The van der Waals surface area contributed by atoms with E-state index in [1.54, 1.807) is 12.1 Å². The van der Waals surface area contributed by atoms with Crippen molar-refractivity contribution in [2.24, 2.45) is 0 Å². The summed E-state index contributed by atoms with van der Waals surface area (Å²) in [4.78, 5) is 13.2. The van der Waals surface area contributed by atoms with Gasteiger partial charge in [-0.05, 0) is 37.2 Å². The van der Waals surface area contributed by atoms with E-state index in [1.807, 2.05) is 12.1 Å². The smallest absolute Gasteiger partial charge is 0.335 e. The maximum atomic E-state index is 10.9. The van der Waals surface area contributed by atoms with Crippen LogP contribution in [0.2, 0.25) is 0 Å². The number of rotatable bonds is 3. The number of hydrogen-bond acceptors (Lipinski definition) is 3. The highest BCUT2D eigenvalue weighted by molar-refractivity contribution is 5.87. The standard InChI is InChI=1S/C13H18N2O2/c16-13(17)12-4-1-3-11(9-12)10-15-7-2-5-14-6-8-15/h1,3-4,9,14H,2,5-8,10H2,(H,16,17). The highest BCUT2D eigenvalue weighted by Crippen LogP contribution is 2.09. The van der Waals surface area contributed by atoms with Crippen molar-refractivity contribution in [2.75, 3.05) is 26.2 Å². The number of nitrogens with one attached hydrogen (secondary N) is 1. The molecular weight excluding hydrogens is 216 g/mol. The van der Waals surface area contributed by atoms with E-state index in [0.717, 1.165) is 44.7 Å². The molecule has 1 saturated heterocycles. The van der Waals surface area contributed by atoms with E-state index in [9.17, 15) is 4.79 Å². The van der Waals surface area contributed by atoms with Gasteiger partial charge in [-0.3, -0.25) is 4.90 Å². The molecular formula is C13H18N2O2. The van der Waals surface area contributed by atoms with E-state index >= 15 is 0 Å². The van der Waals surface area contributed by atoms with Crippen LogP contribution in [0.5, 0.6) is 0 Å². The molecule has 2 N–H and O–H groups in total. The Kier molecular flexibility index (Phi) is 4.12. The molecule has 0 aromatic heterocycles. The summed E-state index contributed by atoms with van der Waals surface area (Å²) in [6.45, 7) is 5.02. The average Bonchev–Trinajstić information content (AvgIpc) is 2.58. The van der Waals surface area contributed by atoms with Gasteiger partial charge in [0.15, 0.2) is 0 Å². The lowest BCUT2D eigenvalue weighted by atomic mass is 10.1. The Labute approximate surface area is 101 Å². The second-order valence-electron chi connectivity index (χ2n) is 4.39. The number of carboxylic acids is 1. The maximum absolute atomic E-state index is 10.9. The van der Waals surface area contributed by atoms with Gasteiger partial charge >= 0.3 is 5.97 Å². The minimum Gasteiger partial charge on any atom is -0.478 e. The maximum Gasteiger partial charge on any atom is 0.335 e. The number of nitrogens with zero attached hydrogens (tertiary/aromatic N) is 1. The van der Waals surface area contributed by atoms with E-state index in [4.69, 9.17) is 5.11 Å². The fraction of sp³-hybridized carbons (Fsp3) is 0.462. The molecule has 0 atom stereocenters. The minimum atomic E-state index is -0.857. The summed E-state index contributed by atoms with van der Waals surface area (Å²) in [5.41, 5.74) is 1.45. The highest BCUT2D eigenvalue weighted by atomic mass is 16.4. The van der Waals surface area contributed by atoms with Gasteiger partial charge in [-0.1, -0.05) is 12.1 Å². The first-order valence-electron chi connectivity index (χ1n) is 6.01. The minimum absolute atomic E-state index is 0.371. The third-order valence-corrected chi connectivity index (χ3v) is 3.01. The SMILES string of the molecule is O=C(O)c1cccc(CN2CCCNCC2)c1. The zero-order chi connectivity index (χ0) is 12.1. The van der Waals surface area contributed by atoms with Crippen molar-refractivity contribution in [1.82, 2.24) is 10.2 Å². The summed E-state index contributed by atoms with van der Waals surface area (Å²) in [5, 5.41) is 12.3. The predicted molar refractivity (Wildman–Crippen MR) is 66.2 cm³/mol. The summed E-state index contributed by atoms with van der Waals surface area (Å²) >= 11 is 0. The van der Waals surface area contributed by atoms with Crippen LogP contribution in [0.4, 0.5) is 0 Å². The Morgan fingerprint density at radius 3 is 3.06 bits per heavy atom. The van der Waals surface area contributed by atoms with Gasteiger partial charge < -0.3 is 10.4 Å². The Morgan fingerprint density at radius 1 is 1.35 bits per heavy atom. The van der Waals surface area contributed by atoms with E-state index in [0.29, 0.717) is 5.56 Å². The topological polar surface area (TPSA) is 52.6 Å². The first-order chi connectivity index (χ1) is 8.25. The van der Waals surface area contributed by atoms with Crippen molar-refractivity contribution in [3.63, 3.8) is 0 Å². The van der Waals surface area contributed by atoms with Crippen molar-refractivity contribution >= 4 is 5.97 Å². The first kappa shape index (κ1) is 12.1. The third kappa shape index (κ3) is 3.54. The Balaban J connectivity index is 2.01. The Hall–Kier alpha value is -1.39. The van der Waals surface area contributed by atoms with Gasteiger partial charge in [-0.25, -0.2) is 4.79 Å². The number of carbonyl (C=O) groups is 1. The zero-order valence-corrected chi connectivity index (χ0v) is 9.85. The van der Waals surface area contributed by atoms with Gasteiger partial charge in [0.25, 0.3) is 0 Å². The van der Waals surface area contributed by atoms with Gasteiger partial charge in [0, 0.05) is 19.6 Å². The molecule has 1 heterocycles. The quantitative estimate of drug-likeness (QED) is 0.824. The average molecular weight is 234 g/mol. The van der Waals surface area contributed by atoms with Crippen molar-refractivity contribution < 1.29 is 9.90 Å². The lowest BCUT2D eigenvalue weighted by Crippen LogP contribution is -2.27. The normalized spacial score (nSPS) is 17.6. The summed E-state index contributed by atoms with van der Waals surface area (Å²) in [7, 11) is 0. The molecule has 0 amide bonds. The van der Waals surface area contributed by atoms with Gasteiger partial charge in [0.2, 0.25) is 0 Å². The van der Waals surface area contributed by atoms with E-state index < -0.39 is 5.97 Å². The molecule has 17 heavy (non-hydrogen) atoms. The molecule has 1 aliphatic heterocycles. The van der Waals surface area contributed by atoms with Crippen LogP contribution in [-0.2, 0) is 6.54 Å². The second-order valence-corrected chi connectivity index (χ2v) is 4.39. The number of aromatic carboxylic acids is 1. The largest absolute Gasteiger partial charge is 0.478 e. The Bertz CT molecular complexity index is 385. The lowest BCUT2D eigenvalue weighted by Gasteiger charge is -2.19. The van der Waals surface area contributed by atoms with Gasteiger partial charge in [0.1, 0.15) is 0 Å². The number of hydrogen-bond donors (Lipinski definition) is 2. The van der Waals surface area contributed by atoms with Crippen LogP contribution in [0.1, 0.15) is 22.3 Å². The predicted octanol–water partition coefficient (Wildman–Crippen LogP) is 1.18. The molecule has 1 aromatic rings. The van der Waals surface area contributed by atoms with E-state index in [-0.39, 0.29) is 0 Å². The highest BCUT2D eigenvalue weighted by Gasteiger charge is 2.10. The van der Waals surface area contributed by atoms with Gasteiger partial charge in [0.05, 0.1) is 5.56 Å². The van der Waals surface area contributed by atoms with E-state index in [1.165, 1.54) is 0 Å². The number of carboxylic acid groups (broad SMARTS) is 1. The van der Waals surface area contributed by atoms with Crippen LogP contribution >= 0.6 is 0 Å². The molecule has 0 radical (unpaired) electrons. The fourth-order valence-electron chi connectivity index (χ4n) is 2.12. The van der Waals surface area contributed by atoms with Gasteiger partial charge in [-0.15, -0.1) is 0 Å². The van der Waals surface area contributed by atoms with Crippen LogP contribution in [-0.4, -0.2) is 42.2 Å². The molecule has 0 bridgehead atoms. The van der Waals surface area contributed by atoms with Crippen molar-refractivity contribution in [2.45, 2.75) is 13.0 Å². The third-order valence-electron chi connectivity index (χ3n) is 3.01. The molecule has 1 fully saturated rings. The second kappa shape index (κ2) is 5.80. The Morgan fingerprint density at radius 2 is 2.24 bits per heavy atom. The van der Waals surface area contributed by atoms with Crippen LogP contribution in [0.25, 0.3) is 0 Å². The summed E-state index contributed by atoms with van der Waals surface area (Å²) in [6, 6.07) is 7.20. The summed E-state index contributed by atoms with van der Waals surface area (Å²) in [5.74, 6) is -0.857. The molecule has 0 spiro atoms. The van der Waals surface area contributed by atoms with Crippen LogP contribution in [0, 0.1) is 0 Å². The monoisotopic (exact) mass is 234 g/mol. The van der Waals surface area contributed by atoms with E-state index in [2.05, 4.69) is 10.2 Å². The first-order valence-corrected chi connectivity index (χ1v) is 6.01. The van der Waals surface area contributed by atoms with Gasteiger partial charge in [-0.2, -0.15) is 0 Å². The van der Waals surface area contributed by atoms with Crippen LogP contribution in [0.15, 0.2) is 24.3 Å². The molecule has 4 heteroatoms. The summed E-state index contributed by atoms with van der Waals surface area (Å²) in [6.07, 6.45) is 1.15. The lowest BCUT2D eigenvalue weighted by molar-refractivity contribution is 0.0696. The molecule has 2 rings (SSSR count). The fourth-order valence-corrected chi connectivity index (χ4v) is 2.12. The zero-order valence-electron chi connectivity index (χ0n) is 9.85. The molecule has 1 aliphatic rings. The van der Waals surface area contributed by atoms with Crippen LogP contribution in [0.3, 0.4) is 0 Å². The number of benzene rings is 1. The molecule has 0 aliphatic carbocycles. The molecule has 92 valence electrons. The van der Waals surface area contributed by atoms with Crippen molar-refractivity contribution in [1.29, 1.82) is 0 Å².